The van der Waals surface area contributed by atoms with Gasteiger partial charge in [0.15, 0.2) is 11.6 Å². The van der Waals surface area contributed by atoms with Crippen molar-refractivity contribution in [3.8, 4) is 0 Å². The first-order valence-corrected chi connectivity index (χ1v) is 9.65. The minimum atomic E-state index is -1.21. The van der Waals surface area contributed by atoms with Gasteiger partial charge >= 0.3 is 0 Å². The van der Waals surface area contributed by atoms with E-state index in [0.29, 0.717) is 18.9 Å². The van der Waals surface area contributed by atoms with Crippen LogP contribution in [-0.2, 0) is 16.0 Å². The number of carbonyl (C=O) groups excluding carboxylic acids is 2. The summed E-state index contributed by atoms with van der Waals surface area (Å²) in [4.78, 5) is 25.8. The van der Waals surface area contributed by atoms with Gasteiger partial charge in [0.1, 0.15) is 11.9 Å². The fourth-order valence-corrected chi connectivity index (χ4v) is 4.66. The summed E-state index contributed by atoms with van der Waals surface area (Å²) in [5.74, 6) is -3.39. The number of benzene rings is 1. The van der Waals surface area contributed by atoms with E-state index in [2.05, 4.69) is 5.32 Å². The summed E-state index contributed by atoms with van der Waals surface area (Å²) in [6.45, 7) is 3.05. The molecule has 154 valence electrons. The zero-order chi connectivity index (χ0) is 20.6. The molecular formula is C20H26F3N3O2. The van der Waals surface area contributed by atoms with E-state index in [-0.39, 0.29) is 41.8 Å². The average Bonchev–Trinajstić information content (AvgIpc) is 2.87. The molecule has 2 saturated heterocycles. The fourth-order valence-electron chi connectivity index (χ4n) is 4.66. The second-order valence-corrected chi connectivity index (χ2v) is 8.01. The predicted octanol–water partition coefficient (Wildman–Crippen LogP) is 2.27. The summed E-state index contributed by atoms with van der Waals surface area (Å²) in [6, 6.07) is 0.495. The van der Waals surface area contributed by atoms with Gasteiger partial charge in [-0.05, 0) is 56.6 Å². The number of nitrogens with two attached hydrogens (primary N) is 1. The van der Waals surface area contributed by atoms with Gasteiger partial charge < -0.3 is 16.0 Å². The van der Waals surface area contributed by atoms with E-state index in [1.165, 1.54) is 6.92 Å². The van der Waals surface area contributed by atoms with Crippen LogP contribution in [0, 0.1) is 23.4 Å². The molecule has 0 saturated carbocycles. The zero-order valence-electron chi connectivity index (χ0n) is 16.1. The van der Waals surface area contributed by atoms with Gasteiger partial charge in [-0.3, -0.25) is 9.59 Å². The standard InChI is InChI=1S/C20H26F3N3O2/c1-10(25-11(2)27)20(28)26-14-3-4-15(26)6-13(5-14)19(24)8-12-7-17(22)18(23)9-16(12)21/h7,9-10,13-15,19H,3-6,8,24H2,1-2H3,(H,25,27)/t10-,13?,14-,15+,19+/m0/s1. The lowest BCUT2D eigenvalue weighted by Crippen LogP contribution is -2.55. The lowest BCUT2D eigenvalue weighted by molar-refractivity contribution is -0.140. The first-order valence-electron chi connectivity index (χ1n) is 9.65. The van der Waals surface area contributed by atoms with Crippen LogP contribution in [-0.4, -0.2) is 40.9 Å². The Morgan fingerprint density at radius 2 is 1.71 bits per heavy atom. The molecule has 1 aromatic rings. The number of hydrogen-bond acceptors (Lipinski definition) is 3. The molecule has 2 aliphatic heterocycles. The minimum absolute atomic E-state index is 0.0355. The van der Waals surface area contributed by atoms with E-state index in [1.54, 1.807) is 6.92 Å². The Hall–Kier alpha value is -2.09. The number of nitrogens with zero attached hydrogens (tertiary/aromatic N) is 1. The number of fused-ring (bicyclic) bond motifs is 2. The van der Waals surface area contributed by atoms with Crippen LogP contribution in [0.2, 0.25) is 0 Å². The van der Waals surface area contributed by atoms with Gasteiger partial charge in [-0.2, -0.15) is 0 Å². The molecule has 1 unspecified atom stereocenters. The molecular weight excluding hydrogens is 371 g/mol. The first-order chi connectivity index (χ1) is 13.2. The number of nitrogens with one attached hydrogen (secondary N) is 1. The number of piperidine rings is 1. The summed E-state index contributed by atoms with van der Waals surface area (Å²) in [5.41, 5.74) is 6.36. The quantitative estimate of drug-likeness (QED) is 0.749. The largest absolute Gasteiger partial charge is 0.345 e. The van der Waals surface area contributed by atoms with E-state index in [0.717, 1.165) is 18.9 Å². The van der Waals surface area contributed by atoms with Gasteiger partial charge in [0.05, 0.1) is 0 Å². The Morgan fingerprint density at radius 3 is 2.29 bits per heavy atom. The average molecular weight is 397 g/mol. The van der Waals surface area contributed by atoms with Crippen LogP contribution < -0.4 is 11.1 Å². The van der Waals surface area contributed by atoms with Crippen LogP contribution in [0.15, 0.2) is 12.1 Å². The minimum Gasteiger partial charge on any atom is -0.345 e. The highest BCUT2D eigenvalue weighted by atomic mass is 19.2. The monoisotopic (exact) mass is 397 g/mol. The molecule has 0 aliphatic carbocycles. The Morgan fingerprint density at radius 1 is 1.14 bits per heavy atom. The molecule has 1 aromatic carbocycles. The van der Waals surface area contributed by atoms with Crippen molar-refractivity contribution >= 4 is 11.8 Å². The molecule has 8 heteroatoms. The summed E-state index contributed by atoms with van der Waals surface area (Å²) in [5, 5.41) is 2.63. The molecule has 2 aliphatic rings. The number of amides is 2. The first kappa shape index (κ1) is 20.6. The van der Waals surface area contributed by atoms with Crippen molar-refractivity contribution in [3.63, 3.8) is 0 Å². The molecule has 2 bridgehead atoms. The van der Waals surface area contributed by atoms with Gasteiger partial charge in [-0.15, -0.1) is 0 Å². The highest BCUT2D eigenvalue weighted by molar-refractivity contribution is 5.87. The number of hydrogen-bond donors (Lipinski definition) is 2. The van der Waals surface area contributed by atoms with Gasteiger partial charge in [-0.1, -0.05) is 0 Å². The molecule has 2 amide bonds. The highest BCUT2D eigenvalue weighted by Crippen LogP contribution is 2.40. The number of carbonyl (C=O) groups is 2. The Bertz CT molecular complexity index is 759. The fraction of sp³-hybridized carbons (Fsp3) is 0.600. The van der Waals surface area contributed by atoms with Crippen molar-refractivity contribution in [2.75, 3.05) is 0 Å². The lowest BCUT2D eigenvalue weighted by Gasteiger charge is -2.42. The van der Waals surface area contributed by atoms with Crippen molar-refractivity contribution in [2.45, 2.75) is 70.1 Å². The van der Waals surface area contributed by atoms with Crippen LogP contribution in [0.3, 0.4) is 0 Å². The molecule has 0 aromatic heterocycles. The van der Waals surface area contributed by atoms with Crippen molar-refractivity contribution in [2.24, 2.45) is 11.7 Å². The van der Waals surface area contributed by atoms with E-state index >= 15 is 0 Å². The molecule has 28 heavy (non-hydrogen) atoms. The summed E-state index contributed by atoms with van der Waals surface area (Å²) >= 11 is 0. The van der Waals surface area contributed by atoms with Gasteiger partial charge in [-0.25, -0.2) is 13.2 Å². The van der Waals surface area contributed by atoms with Crippen LogP contribution in [0.25, 0.3) is 0 Å². The van der Waals surface area contributed by atoms with Crippen LogP contribution in [0.4, 0.5) is 13.2 Å². The van der Waals surface area contributed by atoms with Gasteiger partial charge in [0, 0.05) is 31.1 Å². The van der Waals surface area contributed by atoms with E-state index in [4.69, 9.17) is 5.73 Å². The SMILES string of the molecule is CC(=O)N[C@@H](C)C(=O)N1[C@@H]2CC[C@H]1CC([C@H](N)Cc1cc(F)c(F)cc1F)C2. The van der Waals surface area contributed by atoms with Crippen molar-refractivity contribution < 1.29 is 22.8 Å². The summed E-state index contributed by atoms with van der Waals surface area (Å²) in [7, 11) is 0. The zero-order valence-corrected chi connectivity index (χ0v) is 16.1. The number of rotatable bonds is 5. The third-order valence-corrected chi connectivity index (χ3v) is 5.96. The molecule has 2 fully saturated rings. The molecule has 0 spiro atoms. The molecule has 3 N–H and O–H groups in total. The topological polar surface area (TPSA) is 75.4 Å². The van der Waals surface area contributed by atoms with Crippen molar-refractivity contribution in [3.05, 3.63) is 35.1 Å². The number of halogens is 3. The maximum absolute atomic E-state index is 13.9. The summed E-state index contributed by atoms with van der Waals surface area (Å²) < 4.78 is 40.5. The third-order valence-electron chi connectivity index (χ3n) is 5.96. The van der Waals surface area contributed by atoms with Crippen molar-refractivity contribution in [1.82, 2.24) is 10.2 Å². The molecule has 5 nitrogen and oxygen atoms in total. The second-order valence-electron chi connectivity index (χ2n) is 8.01. The molecule has 5 atom stereocenters. The second kappa shape index (κ2) is 8.11. The Labute approximate surface area is 162 Å². The van der Waals surface area contributed by atoms with Crippen LogP contribution in [0.5, 0.6) is 0 Å². The maximum atomic E-state index is 13.9. The normalized spacial score (nSPS) is 26.1. The Kier molecular flexibility index (Phi) is 5.98. The van der Waals surface area contributed by atoms with Crippen LogP contribution >= 0.6 is 0 Å². The molecule has 2 heterocycles. The maximum Gasteiger partial charge on any atom is 0.245 e. The third kappa shape index (κ3) is 4.16. The Balaban J connectivity index is 1.66. The van der Waals surface area contributed by atoms with Gasteiger partial charge in [0.25, 0.3) is 0 Å². The van der Waals surface area contributed by atoms with Crippen molar-refractivity contribution in [1.29, 1.82) is 0 Å². The van der Waals surface area contributed by atoms with E-state index < -0.39 is 29.5 Å². The van der Waals surface area contributed by atoms with Crippen LogP contribution in [0.1, 0.15) is 45.1 Å². The van der Waals surface area contributed by atoms with E-state index in [9.17, 15) is 22.8 Å². The predicted molar refractivity (Wildman–Crippen MR) is 97.7 cm³/mol. The molecule has 3 rings (SSSR count). The van der Waals surface area contributed by atoms with E-state index in [1.807, 2.05) is 4.90 Å². The summed E-state index contributed by atoms with van der Waals surface area (Å²) in [6.07, 6.45) is 3.21. The molecule has 0 radical (unpaired) electrons. The lowest BCUT2D eigenvalue weighted by atomic mass is 9.82. The highest BCUT2D eigenvalue weighted by Gasteiger charge is 2.45. The van der Waals surface area contributed by atoms with Gasteiger partial charge in [0.2, 0.25) is 11.8 Å². The smallest absolute Gasteiger partial charge is 0.245 e.